The standard InChI is InChI=1S/C15H23N3O3S/c1-10(14(20)21-15(2,3)4)22-12-6-7-18(13(12)19)11-8-16-17(5)9-11/h8-10,12H,6-7H2,1-5H3/t10-,12-/m1/s1. The van der Waals surface area contributed by atoms with Crippen LogP contribution in [0, 0.1) is 0 Å². The van der Waals surface area contributed by atoms with Gasteiger partial charge in [-0.15, -0.1) is 11.8 Å². The first-order chi connectivity index (χ1) is 10.2. The molecular weight excluding hydrogens is 302 g/mol. The Balaban J connectivity index is 1.94. The van der Waals surface area contributed by atoms with E-state index < -0.39 is 5.60 Å². The van der Waals surface area contributed by atoms with Crippen molar-refractivity contribution in [3.63, 3.8) is 0 Å². The quantitative estimate of drug-likeness (QED) is 0.792. The van der Waals surface area contributed by atoms with Gasteiger partial charge in [-0.1, -0.05) is 0 Å². The topological polar surface area (TPSA) is 64.4 Å². The summed E-state index contributed by atoms with van der Waals surface area (Å²) in [4.78, 5) is 26.2. The van der Waals surface area contributed by atoms with Crippen LogP contribution >= 0.6 is 11.8 Å². The normalized spacial score (nSPS) is 20.3. The lowest BCUT2D eigenvalue weighted by Crippen LogP contribution is -2.32. The number of aromatic nitrogens is 2. The lowest BCUT2D eigenvalue weighted by Gasteiger charge is -2.23. The summed E-state index contributed by atoms with van der Waals surface area (Å²) in [6, 6.07) is 0. The largest absolute Gasteiger partial charge is 0.459 e. The van der Waals surface area contributed by atoms with Crippen LogP contribution in [0.15, 0.2) is 12.4 Å². The Hall–Kier alpha value is -1.50. The summed E-state index contributed by atoms with van der Waals surface area (Å²) in [6.45, 7) is 7.97. The van der Waals surface area contributed by atoms with Gasteiger partial charge in [0.05, 0.1) is 17.1 Å². The molecule has 1 amide bonds. The first-order valence-corrected chi connectivity index (χ1v) is 8.30. The van der Waals surface area contributed by atoms with Crippen molar-refractivity contribution in [1.29, 1.82) is 0 Å². The summed E-state index contributed by atoms with van der Waals surface area (Å²) >= 11 is 1.38. The van der Waals surface area contributed by atoms with Crippen LogP contribution in [0.25, 0.3) is 0 Å². The fourth-order valence-corrected chi connectivity index (χ4v) is 3.41. The number of aryl methyl sites for hydroxylation is 1. The van der Waals surface area contributed by atoms with E-state index in [9.17, 15) is 9.59 Å². The monoisotopic (exact) mass is 325 g/mol. The summed E-state index contributed by atoms with van der Waals surface area (Å²) < 4.78 is 7.03. The third-order valence-electron chi connectivity index (χ3n) is 3.27. The van der Waals surface area contributed by atoms with E-state index in [0.717, 1.165) is 12.1 Å². The van der Waals surface area contributed by atoms with E-state index in [4.69, 9.17) is 4.74 Å². The number of amides is 1. The van der Waals surface area contributed by atoms with Gasteiger partial charge in [0.15, 0.2) is 0 Å². The smallest absolute Gasteiger partial charge is 0.319 e. The third kappa shape index (κ3) is 4.03. The molecule has 0 aliphatic carbocycles. The van der Waals surface area contributed by atoms with Gasteiger partial charge in [-0.3, -0.25) is 14.3 Å². The minimum Gasteiger partial charge on any atom is -0.459 e. The molecule has 2 heterocycles. The number of nitrogens with zero attached hydrogens (tertiary/aromatic N) is 3. The first-order valence-electron chi connectivity index (χ1n) is 7.36. The fraction of sp³-hybridized carbons (Fsp3) is 0.667. The molecule has 1 aliphatic rings. The Morgan fingerprint density at radius 3 is 2.73 bits per heavy atom. The maximum atomic E-state index is 12.5. The van der Waals surface area contributed by atoms with E-state index in [0.29, 0.717) is 6.54 Å². The molecule has 1 aliphatic heterocycles. The van der Waals surface area contributed by atoms with Gasteiger partial charge in [0.25, 0.3) is 0 Å². The predicted molar refractivity (Wildman–Crippen MR) is 86.9 cm³/mol. The maximum absolute atomic E-state index is 12.5. The number of ether oxygens (including phenoxy) is 1. The molecular formula is C15H23N3O3S. The van der Waals surface area contributed by atoms with Crippen LogP contribution in [0.2, 0.25) is 0 Å². The molecule has 6 nitrogen and oxygen atoms in total. The van der Waals surface area contributed by atoms with Crippen LogP contribution in [-0.4, -0.2) is 44.3 Å². The van der Waals surface area contributed by atoms with Crippen molar-refractivity contribution >= 4 is 29.3 Å². The highest BCUT2D eigenvalue weighted by Gasteiger charge is 2.36. The van der Waals surface area contributed by atoms with Gasteiger partial charge in [0.1, 0.15) is 10.9 Å². The zero-order valence-electron chi connectivity index (χ0n) is 13.7. The average Bonchev–Trinajstić information content (AvgIpc) is 2.95. The van der Waals surface area contributed by atoms with Crippen molar-refractivity contribution in [3.05, 3.63) is 12.4 Å². The number of thioether (sulfide) groups is 1. The lowest BCUT2D eigenvalue weighted by atomic mass is 10.2. The maximum Gasteiger partial charge on any atom is 0.319 e. The minimum atomic E-state index is -0.507. The lowest BCUT2D eigenvalue weighted by molar-refractivity contribution is -0.153. The van der Waals surface area contributed by atoms with Crippen LogP contribution < -0.4 is 4.90 Å². The van der Waals surface area contributed by atoms with Crippen LogP contribution in [0.5, 0.6) is 0 Å². The van der Waals surface area contributed by atoms with Crippen molar-refractivity contribution in [2.75, 3.05) is 11.4 Å². The molecule has 0 bridgehead atoms. The van der Waals surface area contributed by atoms with Gasteiger partial charge < -0.3 is 9.64 Å². The van der Waals surface area contributed by atoms with E-state index in [2.05, 4.69) is 5.10 Å². The van der Waals surface area contributed by atoms with Crippen molar-refractivity contribution in [3.8, 4) is 0 Å². The molecule has 0 aromatic carbocycles. The van der Waals surface area contributed by atoms with Gasteiger partial charge in [0, 0.05) is 19.8 Å². The van der Waals surface area contributed by atoms with Crippen molar-refractivity contribution in [1.82, 2.24) is 9.78 Å². The number of esters is 1. The van der Waals surface area contributed by atoms with Gasteiger partial charge >= 0.3 is 5.97 Å². The molecule has 0 unspecified atom stereocenters. The summed E-state index contributed by atoms with van der Waals surface area (Å²) in [6.07, 6.45) is 4.23. The number of carbonyl (C=O) groups excluding carboxylic acids is 2. The van der Waals surface area contributed by atoms with Crippen LogP contribution in [-0.2, 0) is 21.4 Å². The van der Waals surface area contributed by atoms with E-state index in [1.54, 1.807) is 22.7 Å². The molecule has 2 rings (SSSR count). The fourth-order valence-electron chi connectivity index (χ4n) is 2.27. The highest BCUT2D eigenvalue weighted by Crippen LogP contribution is 2.31. The molecule has 122 valence electrons. The highest BCUT2D eigenvalue weighted by atomic mass is 32.2. The van der Waals surface area contributed by atoms with Crippen molar-refractivity contribution in [2.24, 2.45) is 7.05 Å². The second kappa shape index (κ2) is 6.32. The number of hydrogen-bond donors (Lipinski definition) is 0. The van der Waals surface area contributed by atoms with Crippen LogP contribution in [0.3, 0.4) is 0 Å². The molecule has 22 heavy (non-hydrogen) atoms. The Morgan fingerprint density at radius 2 is 2.18 bits per heavy atom. The van der Waals surface area contributed by atoms with Gasteiger partial charge in [0.2, 0.25) is 5.91 Å². The second-order valence-corrected chi connectivity index (χ2v) is 8.00. The molecule has 0 radical (unpaired) electrons. The Morgan fingerprint density at radius 1 is 1.50 bits per heavy atom. The molecule has 0 N–H and O–H groups in total. The van der Waals surface area contributed by atoms with Crippen LogP contribution in [0.1, 0.15) is 34.1 Å². The zero-order chi connectivity index (χ0) is 16.5. The van der Waals surface area contributed by atoms with Crippen molar-refractivity contribution < 1.29 is 14.3 Å². The molecule has 0 spiro atoms. The Kier molecular flexibility index (Phi) is 4.84. The Labute approximate surface area is 135 Å². The average molecular weight is 325 g/mol. The Bertz CT molecular complexity index is 565. The van der Waals surface area contributed by atoms with Gasteiger partial charge in [-0.2, -0.15) is 5.10 Å². The molecule has 1 aromatic rings. The molecule has 7 heteroatoms. The number of anilines is 1. The van der Waals surface area contributed by atoms with E-state index in [-0.39, 0.29) is 22.4 Å². The molecule has 2 atom stereocenters. The number of carbonyl (C=O) groups is 2. The van der Waals surface area contributed by atoms with Gasteiger partial charge in [-0.25, -0.2) is 0 Å². The third-order valence-corrected chi connectivity index (χ3v) is 4.63. The van der Waals surface area contributed by atoms with E-state index in [1.165, 1.54) is 11.8 Å². The zero-order valence-corrected chi connectivity index (χ0v) is 14.5. The predicted octanol–water partition coefficient (Wildman–Crippen LogP) is 1.99. The van der Waals surface area contributed by atoms with E-state index >= 15 is 0 Å². The highest BCUT2D eigenvalue weighted by molar-refractivity contribution is 8.01. The SMILES string of the molecule is C[C@@H](S[C@@H]1CCN(c2cnn(C)c2)C1=O)C(=O)OC(C)(C)C. The number of hydrogen-bond acceptors (Lipinski definition) is 5. The second-order valence-electron chi connectivity index (χ2n) is 6.45. The summed E-state index contributed by atoms with van der Waals surface area (Å²) in [5, 5.41) is 3.53. The minimum absolute atomic E-state index is 0.0356. The molecule has 1 aromatic heterocycles. The summed E-state index contributed by atoms with van der Waals surface area (Å²) in [5.41, 5.74) is 0.299. The molecule has 1 saturated heterocycles. The van der Waals surface area contributed by atoms with Crippen LogP contribution in [0.4, 0.5) is 5.69 Å². The summed E-state index contributed by atoms with van der Waals surface area (Å²) in [5.74, 6) is -0.237. The first kappa shape index (κ1) is 16.9. The van der Waals surface area contributed by atoms with E-state index in [1.807, 2.05) is 34.0 Å². The van der Waals surface area contributed by atoms with Crippen molar-refractivity contribution in [2.45, 2.75) is 50.2 Å². The number of rotatable bonds is 4. The molecule has 0 saturated carbocycles. The summed E-state index contributed by atoms with van der Waals surface area (Å²) in [7, 11) is 1.82. The van der Waals surface area contributed by atoms with Gasteiger partial charge in [-0.05, 0) is 34.1 Å². The molecule has 1 fully saturated rings.